The van der Waals surface area contributed by atoms with Gasteiger partial charge in [-0.15, -0.1) is 11.3 Å². The zero-order valence-corrected chi connectivity index (χ0v) is 14.9. The van der Waals surface area contributed by atoms with E-state index in [1.807, 2.05) is 13.0 Å². The number of hydrogen-bond acceptors (Lipinski definition) is 6. The first-order chi connectivity index (χ1) is 10.2. The molecule has 0 aliphatic carbocycles. The lowest BCUT2D eigenvalue weighted by molar-refractivity contribution is 0.0590. The fraction of sp³-hybridized carbons (Fsp3) is 0.692. The van der Waals surface area contributed by atoms with Crippen LogP contribution in [0.25, 0.3) is 0 Å². The molecular formula is C13H19NO5S3. The maximum absolute atomic E-state index is 13.0. The van der Waals surface area contributed by atoms with Crippen LogP contribution in [0, 0.1) is 13.8 Å². The third kappa shape index (κ3) is 2.62. The maximum Gasteiger partial charge on any atom is 0.253 e. The van der Waals surface area contributed by atoms with Crippen molar-refractivity contribution in [2.75, 3.05) is 25.5 Å². The van der Waals surface area contributed by atoms with Gasteiger partial charge < -0.3 is 4.74 Å². The lowest BCUT2D eigenvalue weighted by Gasteiger charge is -2.42. The van der Waals surface area contributed by atoms with Gasteiger partial charge in [-0.05, 0) is 31.9 Å². The van der Waals surface area contributed by atoms with E-state index in [0.29, 0.717) is 17.2 Å². The summed E-state index contributed by atoms with van der Waals surface area (Å²) in [5, 5.41) is -0.744. The SMILES string of the molecule is Cc1cc(C)c(S(=O)(=O)N2CCS(=O)(=O)[C@@H]3COCC[C@H]32)s1. The highest BCUT2D eigenvalue weighted by molar-refractivity contribution is 7.93. The second-order valence-electron chi connectivity index (χ2n) is 5.78. The fourth-order valence-electron chi connectivity index (χ4n) is 3.19. The number of sulfone groups is 1. The van der Waals surface area contributed by atoms with E-state index < -0.39 is 31.2 Å². The molecular weight excluding hydrogens is 346 g/mol. The molecule has 0 amide bonds. The van der Waals surface area contributed by atoms with Crippen molar-refractivity contribution in [2.45, 2.75) is 35.8 Å². The highest BCUT2D eigenvalue weighted by Gasteiger charge is 2.48. The number of hydrogen-bond donors (Lipinski definition) is 0. The van der Waals surface area contributed by atoms with Crippen LogP contribution in [0.4, 0.5) is 0 Å². The molecule has 3 rings (SSSR count). The van der Waals surface area contributed by atoms with E-state index in [9.17, 15) is 16.8 Å². The van der Waals surface area contributed by atoms with Crippen LogP contribution in [0.5, 0.6) is 0 Å². The third-order valence-electron chi connectivity index (χ3n) is 4.24. The van der Waals surface area contributed by atoms with Crippen molar-refractivity contribution in [2.24, 2.45) is 0 Å². The van der Waals surface area contributed by atoms with Crippen molar-refractivity contribution in [1.29, 1.82) is 0 Å². The second-order valence-corrected chi connectivity index (χ2v) is 11.5. The third-order valence-corrected chi connectivity index (χ3v) is 10.0. The maximum atomic E-state index is 13.0. The molecule has 9 heteroatoms. The molecule has 2 fully saturated rings. The first kappa shape index (κ1) is 16.4. The average Bonchev–Trinajstić information content (AvgIpc) is 2.78. The Labute approximate surface area is 135 Å². The number of thiophene rings is 1. The van der Waals surface area contributed by atoms with Crippen LogP contribution >= 0.6 is 11.3 Å². The van der Waals surface area contributed by atoms with Crippen LogP contribution in [0.3, 0.4) is 0 Å². The van der Waals surface area contributed by atoms with E-state index in [1.165, 1.54) is 15.6 Å². The first-order valence-electron chi connectivity index (χ1n) is 7.11. The topological polar surface area (TPSA) is 80.8 Å². The van der Waals surface area contributed by atoms with Crippen molar-refractivity contribution in [3.05, 3.63) is 16.5 Å². The average molecular weight is 365 g/mol. The lowest BCUT2D eigenvalue weighted by atomic mass is 10.1. The Balaban J connectivity index is 2.02. The summed E-state index contributed by atoms with van der Waals surface area (Å²) in [6.45, 7) is 4.15. The molecule has 6 nitrogen and oxygen atoms in total. The molecule has 2 atom stereocenters. The summed E-state index contributed by atoms with van der Waals surface area (Å²) in [5.74, 6) is -0.139. The number of fused-ring (bicyclic) bond motifs is 1. The molecule has 3 heterocycles. The molecule has 0 bridgehead atoms. The molecule has 2 aliphatic rings. The van der Waals surface area contributed by atoms with Gasteiger partial charge in [0.2, 0.25) is 0 Å². The molecule has 0 saturated carbocycles. The second kappa shape index (κ2) is 5.55. The predicted molar refractivity (Wildman–Crippen MR) is 84.5 cm³/mol. The Morgan fingerprint density at radius 2 is 2.09 bits per heavy atom. The van der Waals surface area contributed by atoms with E-state index in [0.717, 1.165) is 10.4 Å². The van der Waals surface area contributed by atoms with Gasteiger partial charge in [0.15, 0.2) is 9.84 Å². The highest BCUT2D eigenvalue weighted by Crippen LogP contribution is 2.34. The minimum atomic E-state index is -3.66. The molecule has 0 radical (unpaired) electrons. The van der Waals surface area contributed by atoms with E-state index >= 15 is 0 Å². The van der Waals surface area contributed by atoms with E-state index in [-0.39, 0.29) is 18.9 Å². The molecule has 0 N–H and O–H groups in total. The van der Waals surface area contributed by atoms with E-state index in [4.69, 9.17) is 4.74 Å². The van der Waals surface area contributed by atoms with Crippen LogP contribution in [0.15, 0.2) is 10.3 Å². The zero-order chi connectivity index (χ0) is 16.1. The van der Waals surface area contributed by atoms with Crippen molar-refractivity contribution in [3.63, 3.8) is 0 Å². The number of rotatable bonds is 2. The quantitative estimate of drug-likeness (QED) is 0.779. The van der Waals surface area contributed by atoms with Gasteiger partial charge in [-0.3, -0.25) is 0 Å². The van der Waals surface area contributed by atoms with Gasteiger partial charge in [-0.2, -0.15) is 4.31 Å². The van der Waals surface area contributed by atoms with Crippen molar-refractivity contribution in [1.82, 2.24) is 4.31 Å². The van der Waals surface area contributed by atoms with Gasteiger partial charge in [-0.1, -0.05) is 0 Å². The largest absolute Gasteiger partial charge is 0.380 e. The Morgan fingerprint density at radius 1 is 1.36 bits per heavy atom. The normalized spacial score (nSPS) is 29.2. The Morgan fingerprint density at radius 3 is 2.73 bits per heavy atom. The summed E-state index contributed by atoms with van der Waals surface area (Å²) in [7, 11) is -6.95. The molecule has 124 valence electrons. The smallest absolute Gasteiger partial charge is 0.253 e. The molecule has 22 heavy (non-hydrogen) atoms. The van der Waals surface area contributed by atoms with Crippen LogP contribution in [0.2, 0.25) is 0 Å². The van der Waals surface area contributed by atoms with Crippen LogP contribution in [0.1, 0.15) is 16.9 Å². The Bertz CT molecular complexity index is 781. The molecule has 2 saturated heterocycles. The number of sulfonamides is 1. The van der Waals surface area contributed by atoms with Gasteiger partial charge in [0, 0.05) is 24.1 Å². The number of aryl methyl sites for hydroxylation is 2. The molecule has 0 spiro atoms. The van der Waals surface area contributed by atoms with Crippen molar-refractivity contribution < 1.29 is 21.6 Å². The van der Waals surface area contributed by atoms with E-state index in [2.05, 4.69) is 0 Å². The van der Waals surface area contributed by atoms with Gasteiger partial charge in [-0.25, -0.2) is 16.8 Å². The summed E-state index contributed by atoms with van der Waals surface area (Å²) in [5.41, 5.74) is 0.722. The molecule has 2 aliphatic heterocycles. The number of nitrogens with zero attached hydrogens (tertiary/aromatic N) is 1. The summed E-state index contributed by atoms with van der Waals surface area (Å²) >= 11 is 1.24. The monoisotopic (exact) mass is 365 g/mol. The standard InChI is InChI=1S/C13H19NO5S3/c1-9-7-10(2)20-13(9)22(17,18)14-4-6-21(15,16)12-8-19-5-3-11(12)14/h7,11-12H,3-6,8H2,1-2H3/t11-,12-/m1/s1. The fourth-order valence-corrected chi connectivity index (χ4v) is 8.67. The van der Waals surface area contributed by atoms with Gasteiger partial charge in [0.25, 0.3) is 10.0 Å². The van der Waals surface area contributed by atoms with Crippen LogP contribution in [-0.2, 0) is 24.6 Å². The van der Waals surface area contributed by atoms with Crippen LogP contribution < -0.4 is 0 Å². The number of ether oxygens (including phenoxy) is 1. The predicted octanol–water partition coefficient (Wildman–Crippen LogP) is 0.942. The summed E-state index contributed by atoms with van der Waals surface area (Å²) in [6, 6.07) is 1.33. The Kier molecular flexibility index (Phi) is 4.14. The molecule has 0 aromatic carbocycles. The van der Waals surface area contributed by atoms with Gasteiger partial charge in [0.1, 0.15) is 9.46 Å². The molecule has 1 aromatic heterocycles. The summed E-state index contributed by atoms with van der Waals surface area (Å²) in [4.78, 5) is 0.934. The van der Waals surface area contributed by atoms with Crippen molar-refractivity contribution in [3.8, 4) is 0 Å². The van der Waals surface area contributed by atoms with Crippen molar-refractivity contribution >= 4 is 31.2 Å². The minimum Gasteiger partial charge on any atom is -0.380 e. The van der Waals surface area contributed by atoms with Gasteiger partial charge >= 0.3 is 0 Å². The zero-order valence-electron chi connectivity index (χ0n) is 12.5. The first-order valence-corrected chi connectivity index (χ1v) is 11.1. The summed E-state index contributed by atoms with van der Waals surface area (Å²) < 4.78 is 57.4. The molecule has 0 unspecified atom stereocenters. The van der Waals surface area contributed by atoms with Crippen LogP contribution in [-0.4, -0.2) is 57.9 Å². The van der Waals surface area contributed by atoms with E-state index in [1.54, 1.807) is 6.92 Å². The Hall–Kier alpha value is -0.480. The minimum absolute atomic E-state index is 0.0300. The molecule has 1 aromatic rings. The summed E-state index contributed by atoms with van der Waals surface area (Å²) in [6.07, 6.45) is 0.423. The lowest BCUT2D eigenvalue weighted by Crippen LogP contribution is -2.59. The van der Waals surface area contributed by atoms with Gasteiger partial charge in [0.05, 0.1) is 12.4 Å². The highest BCUT2D eigenvalue weighted by atomic mass is 32.2.